The third-order valence-corrected chi connectivity index (χ3v) is 4.31. The first-order valence-electron chi connectivity index (χ1n) is 9.14. The van der Waals surface area contributed by atoms with E-state index in [1.807, 2.05) is 60.7 Å². The monoisotopic (exact) mass is 399 g/mol. The van der Waals surface area contributed by atoms with Gasteiger partial charge in [-0.15, -0.1) is 5.10 Å². The Morgan fingerprint density at radius 2 is 1.43 bits per heavy atom. The molecule has 1 heterocycles. The van der Waals surface area contributed by atoms with Crippen LogP contribution in [0.2, 0.25) is 0 Å². The van der Waals surface area contributed by atoms with Gasteiger partial charge in [-0.2, -0.15) is 0 Å². The molecule has 4 aromatic rings. The molecule has 0 spiro atoms. The molecule has 0 aliphatic rings. The third-order valence-electron chi connectivity index (χ3n) is 4.31. The van der Waals surface area contributed by atoms with Gasteiger partial charge in [0.1, 0.15) is 5.75 Å². The molecular weight excluding hydrogens is 382 g/mol. The number of carbonyl (C=O) groups is 2. The van der Waals surface area contributed by atoms with Crippen LogP contribution in [-0.2, 0) is 4.74 Å². The molecule has 0 aliphatic carbocycles. The first-order chi connectivity index (χ1) is 14.7. The van der Waals surface area contributed by atoms with Gasteiger partial charge >= 0.3 is 11.9 Å². The highest BCUT2D eigenvalue weighted by molar-refractivity contribution is 5.90. The number of hydrogen-bond acceptors (Lipinski definition) is 6. The van der Waals surface area contributed by atoms with E-state index in [1.54, 1.807) is 4.68 Å². The molecule has 148 valence electrons. The van der Waals surface area contributed by atoms with Crippen molar-refractivity contribution >= 4 is 11.9 Å². The Morgan fingerprint density at radius 3 is 2.07 bits per heavy atom. The lowest BCUT2D eigenvalue weighted by Crippen LogP contribution is -2.11. The fourth-order valence-electron chi connectivity index (χ4n) is 2.85. The molecule has 3 aromatic carbocycles. The van der Waals surface area contributed by atoms with Crippen molar-refractivity contribution in [3.63, 3.8) is 0 Å². The van der Waals surface area contributed by atoms with Gasteiger partial charge in [-0.1, -0.05) is 48.5 Å². The predicted octanol–water partition coefficient (Wildman–Crippen LogP) is 3.94. The van der Waals surface area contributed by atoms with Gasteiger partial charge in [0.05, 0.1) is 18.4 Å². The van der Waals surface area contributed by atoms with Crippen molar-refractivity contribution in [2.24, 2.45) is 0 Å². The van der Waals surface area contributed by atoms with E-state index in [0.29, 0.717) is 11.4 Å². The van der Waals surface area contributed by atoms with E-state index in [-0.39, 0.29) is 11.6 Å². The summed E-state index contributed by atoms with van der Waals surface area (Å²) < 4.78 is 11.6. The van der Waals surface area contributed by atoms with E-state index in [1.165, 1.54) is 31.4 Å². The summed E-state index contributed by atoms with van der Waals surface area (Å²) >= 11 is 0. The van der Waals surface area contributed by atoms with E-state index < -0.39 is 11.9 Å². The van der Waals surface area contributed by atoms with Crippen molar-refractivity contribution in [1.82, 2.24) is 14.8 Å². The van der Waals surface area contributed by atoms with E-state index in [4.69, 9.17) is 4.74 Å². The highest BCUT2D eigenvalue weighted by atomic mass is 16.5. The topological polar surface area (TPSA) is 83.3 Å². The van der Waals surface area contributed by atoms with Gasteiger partial charge < -0.3 is 9.47 Å². The molecule has 0 atom stereocenters. The highest BCUT2D eigenvalue weighted by Crippen LogP contribution is 2.22. The smallest absolute Gasteiger partial charge is 0.383 e. The number of carbonyl (C=O) groups excluding carboxylic acids is 2. The van der Waals surface area contributed by atoms with Crippen molar-refractivity contribution in [3.8, 4) is 22.8 Å². The minimum atomic E-state index is -0.701. The van der Waals surface area contributed by atoms with Gasteiger partial charge in [0.25, 0.3) is 5.82 Å². The molecule has 0 N–H and O–H groups in total. The Hall–Kier alpha value is -4.26. The number of nitrogens with zero attached hydrogens (tertiary/aromatic N) is 3. The Kier molecular flexibility index (Phi) is 5.34. The van der Waals surface area contributed by atoms with Gasteiger partial charge in [-0.25, -0.2) is 19.3 Å². The zero-order chi connectivity index (χ0) is 20.9. The van der Waals surface area contributed by atoms with Gasteiger partial charge in [-0.05, 0) is 36.4 Å². The van der Waals surface area contributed by atoms with Crippen LogP contribution in [0.25, 0.3) is 17.1 Å². The van der Waals surface area contributed by atoms with E-state index in [2.05, 4.69) is 14.8 Å². The molecule has 0 bridgehead atoms. The lowest BCUT2D eigenvalue weighted by atomic mass is 10.2. The largest absolute Gasteiger partial charge is 0.465 e. The van der Waals surface area contributed by atoms with E-state index >= 15 is 0 Å². The number of aromatic nitrogens is 3. The van der Waals surface area contributed by atoms with E-state index in [0.717, 1.165) is 11.3 Å². The molecule has 7 heteroatoms. The Bertz CT molecular complexity index is 1110. The van der Waals surface area contributed by atoms with Crippen LogP contribution in [0.3, 0.4) is 0 Å². The Balaban J connectivity index is 1.65. The fourth-order valence-corrected chi connectivity index (χ4v) is 2.85. The first kappa shape index (κ1) is 19.1. The summed E-state index contributed by atoms with van der Waals surface area (Å²) in [6.07, 6.45) is 0. The number of rotatable bonds is 5. The van der Waals surface area contributed by atoms with Gasteiger partial charge in [0.15, 0.2) is 5.82 Å². The lowest BCUT2D eigenvalue weighted by Gasteiger charge is -2.05. The summed E-state index contributed by atoms with van der Waals surface area (Å²) in [4.78, 5) is 28.6. The van der Waals surface area contributed by atoms with Crippen LogP contribution in [0.4, 0.5) is 0 Å². The number of para-hydroxylation sites is 1. The molecule has 0 aliphatic heterocycles. The number of methoxy groups -OCH3 is 1. The molecule has 30 heavy (non-hydrogen) atoms. The zero-order valence-corrected chi connectivity index (χ0v) is 16.1. The van der Waals surface area contributed by atoms with Crippen LogP contribution in [0, 0.1) is 0 Å². The second-order valence-electron chi connectivity index (χ2n) is 6.28. The molecule has 0 unspecified atom stereocenters. The number of hydrogen-bond donors (Lipinski definition) is 0. The molecular formula is C23H17N3O4. The fraction of sp³-hybridized carbons (Fsp3) is 0.0435. The van der Waals surface area contributed by atoms with Crippen LogP contribution in [-0.4, -0.2) is 33.8 Å². The van der Waals surface area contributed by atoms with Crippen LogP contribution < -0.4 is 4.74 Å². The quantitative estimate of drug-likeness (QED) is 0.373. The second-order valence-corrected chi connectivity index (χ2v) is 6.28. The number of ether oxygens (including phenoxy) is 2. The maximum Gasteiger partial charge on any atom is 0.383 e. The molecule has 4 rings (SSSR count). The van der Waals surface area contributed by atoms with Crippen LogP contribution in [0.1, 0.15) is 21.0 Å². The standard InChI is InChI=1S/C23H17N3O4/c1-29-22(27)17-12-14-19(15-13-17)30-23(28)20-24-21(16-8-4-2-5-9-16)26(25-20)18-10-6-3-7-11-18/h2-15H,1H3. The van der Waals surface area contributed by atoms with Gasteiger partial charge in [-0.3, -0.25) is 0 Å². The number of benzene rings is 3. The van der Waals surface area contributed by atoms with Crippen LogP contribution in [0.5, 0.6) is 5.75 Å². The van der Waals surface area contributed by atoms with Crippen LogP contribution >= 0.6 is 0 Å². The van der Waals surface area contributed by atoms with Crippen molar-refractivity contribution in [2.45, 2.75) is 0 Å². The third kappa shape index (κ3) is 3.95. The van der Waals surface area contributed by atoms with Crippen molar-refractivity contribution in [3.05, 3.63) is 96.3 Å². The van der Waals surface area contributed by atoms with Gasteiger partial charge in [0, 0.05) is 5.56 Å². The SMILES string of the molecule is COC(=O)c1ccc(OC(=O)c2nc(-c3ccccc3)n(-c3ccccc3)n2)cc1. The molecule has 7 nitrogen and oxygen atoms in total. The molecule has 0 saturated heterocycles. The van der Waals surface area contributed by atoms with Crippen LogP contribution in [0.15, 0.2) is 84.9 Å². The van der Waals surface area contributed by atoms with E-state index in [9.17, 15) is 9.59 Å². The Morgan fingerprint density at radius 1 is 0.800 bits per heavy atom. The minimum Gasteiger partial charge on any atom is -0.465 e. The molecule has 1 aromatic heterocycles. The van der Waals surface area contributed by atoms with Crippen molar-refractivity contribution in [1.29, 1.82) is 0 Å². The summed E-state index contributed by atoms with van der Waals surface area (Å²) in [6, 6.07) is 24.9. The number of esters is 2. The van der Waals surface area contributed by atoms with Crippen molar-refractivity contribution in [2.75, 3.05) is 7.11 Å². The highest BCUT2D eigenvalue weighted by Gasteiger charge is 2.20. The normalized spacial score (nSPS) is 10.4. The summed E-state index contributed by atoms with van der Waals surface area (Å²) in [6.45, 7) is 0. The first-order valence-corrected chi connectivity index (χ1v) is 9.14. The second kappa shape index (κ2) is 8.40. The molecule has 0 radical (unpaired) electrons. The minimum absolute atomic E-state index is 0.0743. The summed E-state index contributed by atoms with van der Waals surface area (Å²) in [7, 11) is 1.30. The Labute approximate surface area is 172 Å². The van der Waals surface area contributed by atoms with Gasteiger partial charge in [0.2, 0.25) is 0 Å². The maximum absolute atomic E-state index is 12.7. The summed E-state index contributed by atoms with van der Waals surface area (Å²) in [5.74, 6) is -0.453. The predicted molar refractivity (Wildman–Crippen MR) is 110 cm³/mol. The molecule has 0 amide bonds. The maximum atomic E-state index is 12.7. The van der Waals surface area contributed by atoms with Crippen molar-refractivity contribution < 1.29 is 19.1 Å². The molecule has 0 fully saturated rings. The average molecular weight is 399 g/mol. The zero-order valence-electron chi connectivity index (χ0n) is 16.1. The summed E-state index contributed by atoms with van der Waals surface area (Å²) in [5.41, 5.74) is 1.94. The summed E-state index contributed by atoms with van der Waals surface area (Å²) in [5, 5.41) is 4.37. The lowest BCUT2D eigenvalue weighted by molar-refractivity contribution is 0.0600. The molecule has 0 saturated carbocycles. The average Bonchev–Trinajstić information content (AvgIpc) is 3.26.